The summed E-state index contributed by atoms with van der Waals surface area (Å²) in [7, 11) is 0. The van der Waals surface area contributed by atoms with Crippen LogP contribution in [0, 0.1) is 5.82 Å². The molecule has 5 nitrogen and oxygen atoms in total. The fourth-order valence-electron chi connectivity index (χ4n) is 1.60. The number of rotatable bonds is 1. The quantitative estimate of drug-likeness (QED) is 0.765. The predicted molar refractivity (Wildman–Crippen MR) is 54.5 cm³/mol. The first-order valence-electron chi connectivity index (χ1n) is 4.64. The summed E-state index contributed by atoms with van der Waals surface area (Å²) in [6.07, 6.45) is 0. The third kappa shape index (κ3) is 1.27. The number of halogens is 1. The van der Waals surface area contributed by atoms with Crippen LogP contribution in [0.2, 0.25) is 0 Å². The molecule has 16 heavy (non-hydrogen) atoms. The van der Waals surface area contributed by atoms with Crippen LogP contribution in [0.5, 0.6) is 11.5 Å². The number of ether oxygens (including phenoxy) is 2. The number of nitrogens with two attached hydrogens (primary N) is 1. The van der Waals surface area contributed by atoms with Gasteiger partial charge in [0.15, 0.2) is 11.5 Å². The van der Waals surface area contributed by atoms with E-state index >= 15 is 0 Å². The Kier molecular flexibility index (Phi) is 1.76. The molecule has 0 saturated carbocycles. The molecule has 1 aliphatic heterocycles. The van der Waals surface area contributed by atoms with Crippen LogP contribution in [0.1, 0.15) is 0 Å². The van der Waals surface area contributed by atoms with Gasteiger partial charge in [-0.05, 0) is 6.07 Å². The highest BCUT2D eigenvalue weighted by molar-refractivity contribution is 5.67. The van der Waals surface area contributed by atoms with Gasteiger partial charge in [0.25, 0.3) is 0 Å². The number of nitrogens with one attached hydrogen (secondary N) is 1. The zero-order valence-corrected chi connectivity index (χ0v) is 8.16. The van der Waals surface area contributed by atoms with E-state index < -0.39 is 5.82 Å². The van der Waals surface area contributed by atoms with Gasteiger partial charge in [0, 0.05) is 17.7 Å². The Morgan fingerprint density at radius 2 is 2.00 bits per heavy atom. The summed E-state index contributed by atoms with van der Waals surface area (Å²) in [6.45, 7) is 0.114. The van der Waals surface area contributed by atoms with Gasteiger partial charge in [-0.15, -0.1) is 0 Å². The van der Waals surface area contributed by atoms with Crippen molar-refractivity contribution in [1.82, 2.24) is 10.2 Å². The third-order valence-corrected chi connectivity index (χ3v) is 2.35. The molecule has 0 unspecified atom stereocenters. The summed E-state index contributed by atoms with van der Waals surface area (Å²) in [5.74, 6) is 0.832. The maximum absolute atomic E-state index is 13.7. The van der Waals surface area contributed by atoms with Gasteiger partial charge in [-0.2, -0.15) is 5.10 Å². The number of aromatic nitrogens is 2. The lowest BCUT2D eigenvalue weighted by atomic mass is 10.1. The van der Waals surface area contributed by atoms with Crippen molar-refractivity contribution in [1.29, 1.82) is 0 Å². The first kappa shape index (κ1) is 9.02. The van der Waals surface area contributed by atoms with E-state index in [4.69, 9.17) is 15.2 Å². The Balaban J connectivity index is 2.14. The predicted octanol–water partition coefficient (Wildman–Crippen LogP) is 1.53. The van der Waals surface area contributed by atoms with Gasteiger partial charge in [0.1, 0.15) is 11.6 Å². The summed E-state index contributed by atoms with van der Waals surface area (Å²) in [5, 5.41) is 6.38. The third-order valence-electron chi connectivity index (χ3n) is 2.35. The Morgan fingerprint density at radius 1 is 1.25 bits per heavy atom. The van der Waals surface area contributed by atoms with Gasteiger partial charge in [-0.3, -0.25) is 5.10 Å². The normalized spacial score (nSPS) is 13.1. The molecule has 0 atom stereocenters. The van der Waals surface area contributed by atoms with Crippen molar-refractivity contribution in [3.05, 3.63) is 24.0 Å². The van der Waals surface area contributed by atoms with Crippen LogP contribution in [-0.4, -0.2) is 17.0 Å². The minimum Gasteiger partial charge on any atom is -0.454 e. The zero-order chi connectivity index (χ0) is 11.1. The lowest BCUT2D eigenvalue weighted by molar-refractivity contribution is 0.174. The van der Waals surface area contributed by atoms with Crippen LogP contribution >= 0.6 is 0 Å². The monoisotopic (exact) mass is 221 g/mol. The molecule has 1 aromatic heterocycles. The van der Waals surface area contributed by atoms with Crippen molar-refractivity contribution in [2.24, 2.45) is 0 Å². The molecule has 2 aromatic rings. The van der Waals surface area contributed by atoms with Crippen LogP contribution in [0.25, 0.3) is 11.3 Å². The highest BCUT2D eigenvalue weighted by atomic mass is 19.1. The molecule has 6 heteroatoms. The molecule has 0 spiro atoms. The lowest BCUT2D eigenvalue weighted by Crippen LogP contribution is -1.92. The van der Waals surface area contributed by atoms with E-state index in [2.05, 4.69) is 10.2 Å². The molecule has 0 radical (unpaired) electrons. The van der Waals surface area contributed by atoms with E-state index in [0.29, 0.717) is 28.6 Å². The molecule has 0 amide bonds. The number of aromatic amines is 1. The second-order valence-corrected chi connectivity index (χ2v) is 3.39. The summed E-state index contributed by atoms with van der Waals surface area (Å²) in [6, 6.07) is 4.40. The van der Waals surface area contributed by atoms with Crippen molar-refractivity contribution in [2.45, 2.75) is 0 Å². The maximum atomic E-state index is 13.7. The van der Waals surface area contributed by atoms with Gasteiger partial charge in [0.05, 0.1) is 5.69 Å². The number of fused-ring (bicyclic) bond motifs is 1. The number of nitrogens with zero attached hydrogens (tertiary/aromatic N) is 1. The summed E-state index contributed by atoms with van der Waals surface area (Å²) < 4.78 is 23.9. The molecule has 0 aliphatic carbocycles. The fourth-order valence-corrected chi connectivity index (χ4v) is 1.60. The molecule has 0 fully saturated rings. The van der Waals surface area contributed by atoms with Gasteiger partial charge in [-0.1, -0.05) is 0 Å². The number of anilines is 1. The molecule has 3 N–H and O–H groups in total. The van der Waals surface area contributed by atoms with Crippen LogP contribution in [0.3, 0.4) is 0 Å². The van der Waals surface area contributed by atoms with E-state index in [1.54, 1.807) is 12.1 Å². The Morgan fingerprint density at radius 3 is 2.69 bits per heavy atom. The van der Waals surface area contributed by atoms with Crippen molar-refractivity contribution < 1.29 is 13.9 Å². The minimum absolute atomic E-state index is 0.114. The molecule has 82 valence electrons. The molecular formula is C10H8FN3O2. The first-order chi connectivity index (χ1) is 7.74. The van der Waals surface area contributed by atoms with Crippen LogP contribution in [0.15, 0.2) is 18.2 Å². The highest BCUT2D eigenvalue weighted by Gasteiger charge is 2.18. The van der Waals surface area contributed by atoms with Gasteiger partial charge >= 0.3 is 0 Å². The minimum atomic E-state index is -0.409. The number of nitrogen functional groups attached to an aromatic ring is 1. The van der Waals surface area contributed by atoms with Crippen molar-refractivity contribution in [3.8, 4) is 22.8 Å². The van der Waals surface area contributed by atoms with Crippen LogP contribution in [0.4, 0.5) is 10.2 Å². The maximum Gasteiger partial charge on any atom is 0.231 e. The second kappa shape index (κ2) is 3.13. The molecular weight excluding hydrogens is 213 g/mol. The zero-order valence-electron chi connectivity index (χ0n) is 8.16. The average molecular weight is 221 g/mol. The van der Waals surface area contributed by atoms with Crippen molar-refractivity contribution >= 4 is 5.82 Å². The molecule has 0 bridgehead atoms. The molecule has 1 aromatic carbocycles. The summed E-state index contributed by atoms with van der Waals surface area (Å²) in [5.41, 5.74) is 6.32. The van der Waals surface area contributed by atoms with Crippen LogP contribution < -0.4 is 15.2 Å². The topological polar surface area (TPSA) is 73.2 Å². The standard InChI is InChI=1S/C10H8FN3O2/c11-6-2-9-8(15-4-16-9)1-5(6)7-3-10(12)14-13-7/h1-3H,4H2,(H3,12,13,14). The SMILES string of the molecule is Nc1cc(-c2cc3c(cc2F)OCO3)[nH]n1. The van der Waals surface area contributed by atoms with E-state index in [9.17, 15) is 4.39 Å². The van der Waals surface area contributed by atoms with E-state index in [-0.39, 0.29) is 6.79 Å². The Bertz CT molecular complexity index is 553. The largest absolute Gasteiger partial charge is 0.454 e. The molecule has 3 rings (SSSR count). The number of H-pyrrole nitrogens is 1. The Labute approximate surface area is 90.0 Å². The number of hydrogen-bond donors (Lipinski definition) is 2. The highest BCUT2D eigenvalue weighted by Crippen LogP contribution is 2.37. The van der Waals surface area contributed by atoms with Crippen molar-refractivity contribution in [3.63, 3.8) is 0 Å². The second-order valence-electron chi connectivity index (χ2n) is 3.39. The average Bonchev–Trinajstić information content (AvgIpc) is 2.84. The van der Waals surface area contributed by atoms with Crippen molar-refractivity contribution in [2.75, 3.05) is 12.5 Å². The smallest absolute Gasteiger partial charge is 0.231 e. The first-order valence-corrected chi connectivity index (χ1v) is 4.64. The van der Waals surface area contributed by atoms with Crippen LogP contribution in [-0.2, 0) is 0 Å². The number of benzene rings is 1. The van der Waals surface area contributed by atoms with Gasteiger partial charge in [0.2, 0.25) is 6.79 Å². The Hall–Kier alpha value is -2.24. The molecule has 2 heterocycles. The lowest BCUT2D eigenvalue weighted by Gasteiger charge is -2.02. The van der Waals surface area contributed by atoms with E-state index in [1.165, 1.54) is 6.07 Å². The summed E-state index contributed by atoms with van der Waals surface area (Å²) >= 11 is 0. The van der Waals surface area contributed by atoms with E-state index in [1.807, 2.05) is 0 Å². The van der Waals surface area contributed by atoms with Gasteiger partial charge < -0.3 is 15.2 Å². The molecule has 0 saturated heterocycles. The molecule has 1 aliphatic rings. The fraction of sp³-hybridized carbons (Fsp3) is 0.100. The number of hydrogen-bond acceptors (Lipinski definition) is 4. The van der Waals surface area contributed by atoms with Gasteiger partial charge in [-0.25, -0.2) is 4.39 Å². The van der Waals surface area contributed by atoms with E-state index in [0.717, 1.165) is 0 Å². The summed E-state index contributed by atoms with van der Waals surface area (Å²) in [4.78, 5) is 0.